The van der Waals surface area contributed by atoms with E-state index in [1.807, 2.05) is 0 Å². The van der Waals surface area contributed by atoms with Gasteiger partial charge >= 0.3 is 5.97 Å². The largest absolute Gasteiger partial charge is 0.476 e. The Morgan fingerprint density at radius 3 is 2.48 bits per heavy atom. The van der Waals surface area contributed by atoms with Crippen molar-refractivity contribution in [2.75, 3.05) is 5.32 Å². The summed E-state index contributed by atoms with van der Waals surface area (Å²) in [5.74, 6) is -1.81. The smallest absolute Gasteiger partial charge is 0.356 e. The zero-order valence-electron chi connectivity index (χ0n) is 10.8. The molecule has 108 valence electrons. The minimum absolute atomic E-state index is 0.0494. The minimum atomic E-state index is -1.23. The first kappa shape index (κ1) is 14.2. The first-order valence-electron chi connectivity index (χ1n) is 5.71. The summed E-state index contributed by atoms with van der Waals surface area (Å²) in [4.78, 5) is 33.0. The van der Waals surface area contributed by atoms with Crippen molar-refractivity contribution in [2.24, 2.45) is 7.05 Å². The lowest BCUT2D eigenvalue weighted by atomic mass is 10.2. The number of nitrogens with one attached hydrogen (secondary N) is 1. The van der Waals surface area contributed by atoms with Crippen LogP contribution < -0.4 is 5.32 Å². The van der Waals surface area contributed by atoms with Crippen LogP contribution in [0.15, 0.2) is 30.5 Å². The number of nitro groups is 1. The van der Waals surface area contributed by atoms with Gasteiger partial charge in [0, 0.05) is 24.7 Å². The molecule has 0 atom stereocenters. The van der Waals surface area contributed by atoms with Gasteiger partial charge in [-0.3, -0.25) is 19.6 Å². The third kappa shape index (κ3) is 2.86. The number of hydrogen-bond acceptors (Lipinski definition) is 5. The molecule has 2 N–H and O–H groups in total. The normalized spacial score (nSPS) is 10.1. The molecule has 1 amide bonds. The molecule has 1 aromatic heterocycles. The first-order valence-corrected chi connectivity index (χ1v) is 5.71. The average Bonchev–Trinajstić information content (AvgIpc) is 2.79. The number of nitrogens with zero attached hydrogens (tertiary/aromatic N) is 3. The topological polar surface area (TPSA) is 127 Å². The highest BCUT2D eigenvalue weighted by molar-refractivity contribution is 6.07. The summed E-state index contributed by atoms with van der Waals surface area (Å²) < 4.78 is 1.12. The highest BCUT2D eigenvalue weighted by atomic mass is 16.6. The van der Waals surface area contributed by atoms with Crippen LogP contribution in [0, 0.1) is 10.1 Å². The molecular formula is C12H10N4O5. The van der Waals surface area contributed by atoms with Crippen LogP contribution in [0.3, 0.4) is 0 Å². The molecule has 2 aromatic rings. The van der Waals surface area contributed by atoms with Crippen LogP contribution in [-0.2, 0) is 7.05 Å². The van der Waals surface area contributed by atoms with Crippen LogP contribution in [0.1, 0.15) is 20.8 Å². The molecule has 0 saturated carbocycles. The van der Waals surface area contributed by atoms with Crippen molar-refractivity contribution in [3.05, 3.63) is 51.8 Å². The second kappa shape index (κ2) is 5.41. The van der Waals surface area contributed by atoms with Crippen molar-refractivity contribution >= 4 is 23.3 Å². The monoisotopic (exact) mass is 290 g/mol. The van der Waals surface area contributed by atoms with Gasteiger partial charge in [-0.2, -0.15) is 5.10 Å². The molecule has 0 aliphatic heterocycles. The number of aromatic nitrogens is 2. The molecule has 0 unspecified atom stereocenters. The molecule has 1 heterocycles. The van der Waals surface area contributed by atoms with Crippen LogP contribution in [-0.4, -0.2) is 31.7 Å². The fraction of sp³-hybridized carbons (Fsp3) is 0.0833. The van der Waals surface area contributed by atoms with Gasteiger partial charge in [-0.1, -0.05) is 0 Å². The molecule has 0 radical (unpaired) electrons. The number of carbonyl (C=O) groups is 2. The number of aromatic carboxylic acids is 1. The molecule has 0 fully saturated rings. The van der Waals surface area contributed by atoms with Crippen molar-refractivity contribution in [2.45, 2.75) is 0 Å². The van der Waals surface area contributed by atoms with E-state index in [-0.39, 0.29) is 22.6 Å². The summed E-state index contributed by atoms with van der Waals surface area (Å²) in [6, 6.07) is 4.95. The predicted octanol–water partition coefficient (Wildman–Crippen LogP) is 1.28. The molecule has 21 heavy (non-hydrogen) atoms. The van der Waals surface area contributed by atoms with Crippen LogP contribution in [0.5, 0.6) is 0 Å². The van der Waals surface area contributed by atoms with Crippen LogP contribution in [0.2, 0.25) is 0 Å². The molecule has 0 aliphatic carbocycles. The maximum atomic E-state index is 12.0. The van der Waals surface area contributed by atoms with E-state index in [1.54, 1.807) is 0 Å². The number of hydrogen-bond donors (Lipinski definition) is 2. The zero-order valence-corrected chi connectivity index (χ0v) is 10.8. The number of nitro benzene ring substituents is 1. The molecule has 2 rings (SSSR count). The number of carboxylic acids is 1. The van der Waals surface area contributed by atoms with Crippen molar-refractivity contribution in [3.63, 3.8) is 0 Å². The number of non-ortho nitro benzene ring substituents is 1. The molecule has 0 saturated heterocycles. The maximum absolute atomic E-state index is 12.0. The van der Waals surface area contributed by atoms with Gasteiger partial charge in [0.15, 0.2) is 5.69 Å². The van der Waals surface area contributed by atoms with Gasteiger partial charge < -0.3 is 10.4 Å². The van der Waals surface area contributed by atoms with Gasteiger partial charge in [-0.15, -0.1) is 0 Å². The predicted molar refractivity (Wildman–Crippen MR) is 71.2 cm³/mol. The number of carbonyl (C=O) groups excluding carboxylic acids is 1. The van der Waals surface area contributed by atoms with E-state index in [1.165, 1.54) is 37.5 Å². The number of aryl methyl sites for hydroxylation is 1. The van der Waals surface area contributed by atoms with E-state index < -0.39 is 16.8 Å². The van der Waals surface area contributed by atoms with Crippen LogP contribution in [0.4, 0.5) is 11.4 Å². The van der Waals surface area contributed by atoms with E-state index in [2.05, 4.69) is 10.4 Å². The van der Waals surface area contributed by atoms with Crippen molar-refractivity contribution in [3.8, 4) is 0 Å². The van der Waals surface area contributed by atoms with Gasteiger partial charge in [-0.05, 0) is 12.1 Å². The number of anilines is 1. The summed E-state index contributed by atoms with van der Waals surface area (Å²) >= 11 is 0. The fourth-order valence-corrected chi connectivity index (χ4v) is 1.71. The molecular weight excluding hydrogens is 280 g/mol. The zero-order chi connectivity index (χ0) is 15.6. The summed E-state index contributed by atoms with van der Waals surface area (Å²) in [5, 5.41) is 25.7. The average molecular weight is 290 g/mol. The van der Waals surface area contributed by atoms with E-state index in [4.69, 9.17) is 5.11 Å². The highest BCUT2D eigenvalue weighted by Crippen LogP contribution is 2.17. The minimum Gasteiger partial charge on any atom is -0.476 e. The number of amides is 1. The Morgan fingerprint density at radius 2 is 1.95 bits per heavy atom. The molecule has 1 aromatic carbocycles. The summed E-state index contributed by atoms with van der Waals surface area (Å²) in [6.07, 6.45) is 1.22. The van der Waals surface area contributed by atoms with Crippen molar-refractivity contribution in [1.29, 1.82) is 0 Å². The van der Waals surface area contributed by atoms with Gasteiger partial charge in [0.1, 0.15) is 0 Å². The van der Waals surface area contributed by atoms with Gasteiger partial charge in [0.05, 0.1) is 16.8 Å². The van der Waals surface area contributed by atoms with Gasteiger partial charge in [0.2, 0.25) is 0 Å². The summed E-state index contributed by atoms with van der Waals surface area (Å²) in [5.41, 5.74) is -0.0847. The standard InChI is InChI=1S/C12H10N4O5/c1-15-10(12(18)19)9(6-13-15)14-11(17)7-2-4-8(5-3-7)16(20)21/h2-6H,1H3,(H,14,17)(H,18,19). The Labute approximate surface area is 118 Å². The second-order valence-corrected chi connectivity index (χ2v) is 4.09. The molecule has 9 nitrogen and oxygen atoms in total. The highest BCUT2D eigenvalue weighted by Gasteiger charge is 2.18. The van der Waals surface area contributed by atoms with E-state index in [0.29, 0.717) is 0 Å². The maximum Gasteiger partial charge on any atom is 0.356 e. The van der Waals surface area contributed by atoms with Crippen LogP contribution >= 0.6 is 0 Å². The van der Waals surface area contributed by atoms with Crippen LogP contribution in [0.25, 0.3) is 0 Å². The fourth-order valence-electron chi connectivity index (χ4n) is 1.71. The third-order valence-electron chi connectivity index (χ3n) is 2.73. The first-order chi connectivity index (χ1) is 9.90. The molecule has 0 bridgehead atoms. The third-order valence-corrected chi connectivity index (χ3v) is 2.73. The van der Waals surface area contributed by atoms with E-state index in [9.17, 15) is 19.7 Å². The number of rotatable bonds is 4. The SMILES string of the molecule is Cn1ncc(NC(=O)c2ccc([N+](=O)[O-])cc2)c1C(=O)O. The quantitative estimate of drug-likeness (QED) is 0.644. The summed E-state index contributed by atoms with van der Waals surface area (Å²) in [6.45, 7) is 0. The molecule has 9 heteroatoms. The summed E-state index contributed by atoms with van der Waals surface area (Å²) in [7, 11) is 1.44. The van der Waals surface area contributed by atoms with E-state index >= 15 is 0 Å². The number of benzene rings is 1. The Kier molecular flexibility index (Phi) is 3.65. The molecule has 0 spiro atoms. The lowest BCUT2D eigenvalue weighted by Gasteiger charge is -2.04. The Morgan fingerprint density at radius 1 is 1.33 bits per heavy atom. The lowest BCUT2D eigenvalue weighted by Crippen LogP contribution is -2.15. The Hall–Kier alpha value is -3.23. The lowest BCUT2D eigenvalue weighted by molar-refractivity contribution is -0.384. The Balaban J connectivity index is 2.22. The van der Waals surface area contributed by atoms with Gasteiger partial charge in [0.25, 0.3) is 11.6 Å². The molecule has 0 aliphatic rings. The Bertz CT molecular complexity index is 720. The van der Waals surface area contributed by atoms with E-state index in [0.717, 1.165) is 4.68 Å². The second-order valence-electron chi connectivity index (χ2n) is 4.09. The van der Waals surface area contributed by atoms with Crippen molar-refractivity contribution < 1.29 is 19.6 Å². The van der Waals surface area contributed by atoms with Crippen molar-refractivity contribution in [1.82, 2.24) is 9.78 Å². The van der Waals surface area contributed by atoms with Gasteiger partial charge in [-0.25, -0.2) is 4.79 Å². The number of carboxylic acid groups (broad SMARTS) is 1.